The Morgan fingerprint density at radius 3 is 2.29 bits per heavy atom. The molecule has 142 valence electrons. The summed E-state index contributed by atoms with van der Waals surface area (Å²) in [5.74, 6) is 1.87. The summed E-state index contributed by atoms with van der Waals surface area (Å²) in [6.07, 6.45) is 0.992. The maximum absolute atomic E-state index is 5.97. The van der Waals surface area contributed by atoms with Gasteiger partial charge in [0.15, 0.2) is 5.17 Å². The maximum atomic E-state index is 5.97. The van der Waals surface area contributed by atoms with Crippen molar-refractivity contribution in [3.8, 4) is 16.9 Å². The van der Waals surface area contributed by atoms with E-state index in [4.69, 9.17) is 10.5 Å². The molecule has 28 heavy (non-hydrogen) atoms. The van der Waals surface area contributed by atoms with Crippen molar-refractivity contribution in [2.75, 3.05) is 5.75 Å². The highest BCUT2D eigenvalue weighted by Crippen LogP contribution is 2.35. The van der Waals surface area contributed by atoms with Crippen LogP contribution in [0.2, 0.25) is 0 Å². The molecular formula is C24H24N2OS. The Morgan fingerprint density at radius 2 is 1.61 bits per heavy atom. The molecule has 1 heterocycles. The van der Waals surface area contributed by atoms with Crippen LogP contribution in [-0.2, 0) is 12.1 Å². The average Bonchev–Trinajstić information content (AvgIpc) is 2.73. The maximum Gasteiger partial charge on any atom is 0.154 e. The SMILES string of the molecule is CC1(c2ccc(OCc3ccc(-c4ccccc4)cc3)cc2)CCSC(N)=N1. The molecule has 0 aromatic heterocycles. The van der Waals surface area contributed by atoms with Crippen molar-refractivity contribution in [3.63, 3.8) is 0 Å². The fourth-order valence-electron chi connectivity index (χ4n) is 3.40. The molecule has 2 N–H and O–H groups in total. The fourth-order valence-corrected chi connectivity index (χ4v) is 4.37. The molecule has 0 saturated heterocycles. The minimum Gasteiger partial charge on any atom is -0.489 e. The van der Waals surface area contributed by atoms with Gasteiger partial charge in [-0.2, -0.15) is 0 Å². The summed E-state index contributed by atoms with van der Waals surface area (Å²) in [4.78, 5) is 4.66. The number of aliphatic imine (C=N–C) groups is 1. The molecule has 0 amide bonds. The zero-order chi connectivity index (χ0) is 19.4. The van der Waals surface area contributed by atoms with Crippen LogP contribution in [0.1, 0.15) is 24.5 Å². The predicted molar refractivity (Wildman–Crippen MR) is 119 cm³/mol. The first-order chi connectivity index (χ1) is 13.6. The lowest BCUT2D eigenvalue weighted by molar-refractivity contribution is 0.306. The van der Waals surface area contributed by atoms with Crippen LogP contribution in [0.5, 0.6) is 5.75 Å². The van der Waals surface area contributed by atoms with Gasteiger partial charge in [-0.15, -0.1) is 0 Å². The van der Waals surface area contributed by atoms with Gasteiger partial charge in [-0.25, -0.2) is 0 Å². The van der Waals surface area contributed by atoms with Gasteiger partial charge in [0.25, 0.3) is 0 Å². The first kappa shape index (κ1) is 18.6. The number of ether oxygens (including phenoxy) is 1. The topological polar surface area (TPSA) is 47.6 Å². The summed E-state index contributed by atoms with van der Waals surface area (Å²) < 4.78 is 5.97. The molecule has 1 aliphatic heterocycles. The third-order valence-electron chi connectivity index (χ3n) is 5.14. The Labute approximate surface area is 170 Å². The minimum absolute atomic E-state index is 0.235. The van der Waals surface area contributed by atoms with Crippen molar-refractivity contribution in [2.24, 2.45) is 10.7 Å². The molecule has 4 rings (SSSR count). The van der Waals surface area contributed by atoms with E-state index in [-0.39, 0.29) is 5.54 Å². The zero-order valence-corrected chi connectivity index (χ0v) is 16.8. The first-order valence-electron chi connectivity index (χ1n) is 9.48. The van der Waals surface area contributed by atoms with Gasteiger partial charge in [0, 0.05) is 5.75 Å². The fraction of sp³-hybridized carbons (Fsp3) is 0.208. The Morgan fingerprint density at radius 1 is 0.929 bits per heavy atom. The predicted octanol–water partition coefficient (Wildman–Crippen LogP) is 5.60. The van der Waals surface area contributed by atoms with E-state index >= 15 is 0 Å². The normalized spacial score (nSPS) is 19.1. The van der Waals surface area contributed by atoms with Gasteiger partial charge >= 0.3 is 0 Å². The minimum atomic E-state index is -0.235. The number of benzene rings is 3. The van der Waals surface area contributed by atoms with Crippen molar-refractivity contribution in [2.45, 2.75) is 25.5 Å². The number of nitrogens with zero attached hydrogens (tertiary/aromatic N) is 1. The monoisotopic (exact) mass is 388 g/mol. The second-order valence-electron chi connectivity index (χ2n) is 7.20. The van der Waals surface area contributed by atoms with Gasteiger partial charge in [0.05, 0.1) is 5.54 Å². The summed E-state index contributed by atoms with van der Waals surface area (Å²) >= 11 is 1.63. The molecule has 0 aliphatic carbocycles. The summed E-state index contributed by atoms with van der Waals surface area (Å²) in [7, 11) is 0. The largest absolute Gasteiger partial charge is 0.489 e. The summed E-state index contributed by atoms with van der Waals surface area (Å²) in [5, 5.41) is 0.674. The third kappa shape index (κ3) is 4.23. The molecule has 1 atom stereocenters. The Kier molecular flexibility index (Phi) is 5.40. The van der Waals surface area contributed by atoms with E-state index in [1.165, 1.54) is 16.7 Å². The van der Waals surface area contributed by atoms with E-state index in [2.05, 4.69) is 72.6 Å². The summed E-state index contributed by atoms with van der Waals surface area (Å²) in [6.45, 7) is 2.69. The van der Waals surface area contributed by atoms with Crippen LogP contribution in [-0.4, -0.2) is 10.9 Å². The molecule has 0 spiro atoms. The van der Waals surface area contributed by atoms with Crippen molar-refractivity contribution in [1.82, 2.24) is 0 Å². The zero-order valence-electron chi connectivity index (χ0n) is 16.0. The molecule has 1 unspecified atom stereocenters. The Balaban J connectivity index is 1.39. The number of nitrogens with two attached hydrogens (primary N) is 1. The van der Waals surface area contributed by atoms with Gasteiger partial charge in [0.1, 0.15) is 12.4 Å². The van der Waals surface area contributed by atoms with Gasteiger partial charge in [0.2, 0.25) is 0 Å². The lowest BCUT2D eigenvalue weighted by atomic mass is 9.90. The van der Waals surface area contributed by atoms with E-state index in [9.17, 15) is 0 Å². The first-order valence-corrected chi connectivity index (χ1v) is 10.5. The number of rotatable bonds is 5. The molecule has 4 heteroatoms. The molecule has 0 bridgehead atoms. The van der Waals surface area contributed by atoms with Crippen LogP contribution in [0, 0.1) is 0 Å². The molecule has 0 fully saturated rings. The lowest BCUT2D eigenvalue weighted by Gasteiger charge is -2.29. The molecule has 1 aliphatic rings. The quantitative estimate of drug-likeness (QED) is 0.619. The number of thioether (sulfide) groups is 1. The van der Waals surface area contributed by atoms with Crippen molar-refractivity contribution in [1.29, 1.82) is 0 Å². The lowest BCUT2D eigenvalue weighted by Crippen LogP contribution is -2.28. The second kappa shape index (κ2) is 8.11. The van der Waals surface area contributed by atoms with Gasteiger partial charge in [-0.3, -0.25) is 4.99 Å². The molecule has 3 aromatic rings. The number of hydrogen-bond donors (Lipinski definition) is 1. The van der Waals surface area contributed by atoms with Crippen LogP contribution < -0.4 is 10.5 Å². The molecule has 0 radical (unpaired) electrons. The van der Waals surface area contributed by atoms with Gasteiger partial charge in [-0.1, -0.05) is 78.5 Å². The highest BCUT2D eigenvalue weighted by atomic mass is 32.2. The van der Waals surface area contributed by atoms with Crippen molar-refractivity contribution >= 4 is 16.9 Å². The molecule has 3 nitrogen and oxygen atoms in total. The van der Waals surface area contributed by atoms with Crippen LogP contribution >= 0.6 is 11.8 Å². The van der Waals surface area contributed by atoms with Crippen LogP contribution in [0.15, 0.2) is 83.9 Å². The molecular weight excluding hydrogens is 364 g/mol. The summed E-state index contributed by atoms with van der Waals surface area (Å²) in [6, 6.07) is 27.1. The average molecular weight is 389 g/mol. The smallest absolute Gasteiger partial charge is 0.154 e. The van der Waals surface area contributed by atoms with Crippen molar-refractivity contribution < 1.29 is 4.74 Å². The second-order valence-corrected chi connectivity index (χ2v) is 8.31. The van der Waals surface area contributed by atoms with Gasteiger partial charge in [-0.05, 0) is 47.7 Å². The Bertz CT molecular complexity index is 952. The highest BCUT2D eigenvalue weighted by molar-refractivity contribution is 8.13. The molecule has 0 saturated carbocycles. The Hall–Kier alpha value is -2.72. The highest BCUT2D eigenvalue weighted by Gasteiger charge is 2.29. The van der Waals surface area contributed by atoms with E-state index in [1.54, 1.807) is 11.8 Å². The van der Waals surface area contributed by atoms with E-state index in [0.29, 0.717) is 11.8 Å². The van der Waals surface area contributed by atoms with Gasteiger partial charge < -0.3 is 10.5 Å². The van der Waals surface area contributed by atoms with Crippen molar-refractivity contribution in [3.05, 3.63) is 90.0 Å². The number of amidine groups is 1. The van der Waals surface area contributed by atoms with Crippen LogP contribution in [0.4, 0.5) is 0 Å². The van der Waals surface area contributed by atoms with E-state index < -0.39 is 0 Å². The van der Waals surface area contributed by atoms with E-state index in [0.717, 1.165) is 23.5 Å². The van der Waals surface area contributed by atoms with Crippen LogP contribution in [0.3, 0.4) is 0 Å². The number of hydrogen-bond acceptors (Lipinski definition) is 4. The van der Waals surface area contributed by atoms with Crippen LogP contribution in [0.25, 0.3) is 11.1 Å². The standard InChI is InChI=1S/C24H24N2OS/c1-24(15-16-28-23(25)26-24)21-11-13-22(14-12-21)27-17-18-7-9-20(10-8-18)19-5-3-2-4-6-19/h2-14H,15-17H2,1H3,(H2,25,26). The van der Waals surface area contributed by atoms with E-state index in [1.807, 2.05) is 18.2 Å². The third-order valence-corrected chi connectivity index (χ3v) is 5.93. The summed E-state index contributed by atoms with van der Waals surface area (Å²) in [5.41, 5.74) is 10.5. The molecule has 3 aromatic carbocycles.